The third-order valence-electron chi connectivity index (χ3n) is 1.61. The first kappa shape index (κ1) is 13.9. The van der Waals surface area contributed by atoms with Crippen molar-refractivity contribution >= 4 is 0 Å². The van der Waals surface area contributed by atoms with Crippen LogP contribution in [0.4, 0.5) is 13.2 Å². The molecular formula is C9H14F3N3O2. The van der Waals surface area contributed by atoms with E-state index in [9.17, 15) is 13.2 Å². The molecule has 0 unspecified atom stereocenters. The van der Waals surface area contributed by atoms with Gasteiger partial charge in [0.15, 0.2) is 5.82 Å². The molecule has 0 atom stereocenters. The number of halogens is 3. The van der Waals surface area contributed by atoms with Gasteiger partial charge in [-0.25, -0.2) is 0 Å². The zero-order valence-corrected chi connectivity index (χ0v) is 9.54. The third kappa shape index (κ3) is 6.22. The lowest BCUT2D eigenvalue weighted by Crippen LogP contribution is -2.34. The molecule has 17 heavy (non-hydrogen) atoms. The second-order valence-electron chi connectivity index (χ2n) is 4.38. The van der Waals surface area contributed by atoms with Crippen LogP contribution in [0.25, 0.3) is 0 Å². The Kier molecular flexibility index (Phi) is 4.10. The van der Waals surface area contributed by atoms with Crippen molar-refractivity contribution < 1.29 is 22.4 Å². The van der Waals surface area contributed by atoms with Gasteiger partial charge in [-0.05, 0) is 13.8 Å². The number of ether oxygens (including phenoxy) is 1. The predicted octanol–water partition coefficient (Wildman–Crippen LogP) is 1.43. The molecule has 0 saturated carbocycles. The number of hydrogen-bond donors (Lipinski definition) is 1. The Hall–Kier alpha value is -1.15. The zero-order chi connectivity index (χ0) is 13.1. The van der Waals surface area contributed by atoms with E-state index in [1.807, 2.05) is 0 Å². The van der Waals surface area contributed by atoms with Crippen LogP contribution in [0, 0.1) is 0 Å². The summed E-state index contributed by atoms with van der Waals surface area (Å²) in [7, 11) is 0. The average molecular weight is 253 g/mol. The smallest absolute Gasteiger partial charge is 0.364 e. The molecule has 1 aromatic heterocycles. The van der Waals surface area contributed by atoms with Gasteiger partial charge < -0.3 is 15.0 Å². The Morgan fingerprint density at radius 1 is 1.35 bits per heavy atom. The second kappa shape index (κ2) is 5.01. The van der Waals surface area contributed by atoms with Crippen LogP contribution in [0.3, 0.4) is 0 Å². The fourth-order valence-electron chi connectivity index (χ4n) is 1.07. The van der Waals surface area contributed by atoms with E-state index in [1.165, 1.54) is 0 Å². The molecule has 0 amide bonds. The van der Waals surface area contributed by atoms with Gasteiger partial charge in [-0.1, -0.05) is 5.16 Å². The molecule has 0 bridgehead atoms. The van der Waals surface area contributed by atoms with Crippen molar-refractivity contribution in [1.29, 1.82) is 0 Å². The summed E-state index contributed by atoms with van der Waals surface area (Å²) in [4.78, 5) is 3.87. The maximum atomic E-state index is 11.8. The summed E-state index contributed by atoms with van der Waals surface area (Å²) in [6.45, 7) is 1.88. The van der Waals surface area contributed by atoms with E-state index in [1.54, 1.807) is 13.8 Å². The Bertz CT molecular complexity index is 357. The van der Waals surface area contributed by atoms with Gasteiger partial charge in [-0.15, -0.1) is 0 Å². The number of nitrogens with zero attached hydrogens (tertiary/aromatic N) is 2. The van der Waals surface area contributed by atoms with Crippen LogP contribution in [-0.4, -0.2) is 28.5 Å². The molecule has 0 fully saturated rings. The molecule has 2 N–H and O–H groups in total. The van der Waals surface area contributed by atoms with Crippen LogP contribution in [-0.2, 0) is 17.8 Å². The van der Waals surface area contributed by atoms with Crippen LogP contribution < -0.4 is 5.73 Å². The monoisotopic (exact) mass is 253 g/mol. The van der Waals surface area contributed by atoms with Gasteiger partial charge in [-0.3, -0.25) is 0 Å². The van der Waals surface area contributed by atoms with Crippen molar-refractivity contribution in [2.24, 2.45) is 5.73 Å². The van der Waals surface area contributed by atoms with Gasteiger partial charge in [-0.2, -0.15) is 18.2 Å². The molecule has 0 spiro atoms. The molecule has 98 valence electrons. The van der Waals surface area contributed by atoms with E-state index in [0.717, 1.165) is 0 Å². The minimum absolute atomic E-state index is 0.0773. The van der Waals surface area contributed by atoms with Crippen molar-refractivity contribution in [2.75, 3.05) is 6.61 Å². The van der Waals surface area contributed by atoms with Crippen molar-refractivity contribution in [3.63, 3.8) is 0 Å². The molecule has 5 nitrogen and oxygen atoms in total. The first-order chi connectivity index (χ1) is 7.66. The predicted molar refractivity (Wildman–Crippen MR) is 52.0 cm³/mol. The average Bonchev–Trinajstić information content (AvgIpc) is 2.46. The topological polar surface area (TPSA) is 74.2 Å². The van der Waals surface area contributed by atoms with Gasteiger partial charge in [0, 0.05) is 12.0 Å². The van der Waals surface area contributed by atoms with Crippen molar-refractivity contribution in [1.82, 2.24) is 10.1 Å². The minimum Gasteiger partial charge on any atom is -0.364 e. The highest BCUT2D eigenvalue weighted by molar-refractivity contribution is 4.91. The van der Waals surface area contributed by atoms with Crippen LogP contribution in [0.5, 0.6) is 0 Å². The third-order valence-corrected chi connectivity index (χ3v) is 1.61. The van der Waals surface area contributed by atoms with Crippen LogP contribution in [0.1, 0.15) is 25.6 Å². The number of nitrogens with two attached hydrogens (primary N) is 1. The molecule has 0 aliphatic heterocycles. The Labute approximate surface area is 96.1 Å². The molecule has 8 heteroatoms. The van der Waals surface area contributed by atoms with Crippen LogP contribution in [0.2, 0.25) is 0 Å². The summed E-state index contributed by atoms with van der Waals surface area (Å²) in [5.74, 6) is 0.358. The quantitative estimate of drug-likeness (QED) is 0.859. The number of alkyl halides is 3. The van der Waals surface area contributed by atoms with Gasteiger partial charge in [0.2, 0.25) is 5.89 Å². The molecule has 0 saturated heterocycles. The van der Waals surface area contributed by atoms with Crippen molar-refractivity contribution in [3.8, 4) is 0 Å². The Morgan fingerprint density at radius 3 is 2.53 bits per heavy atom. The van der Waals surface area contributed by atoms with Gasteiger partial charge in [0.25, 0.3) is 0 Å². The van der Waals surface area contributed by atoms with Gasteiger partial charge >= 0.3 is 6.18 Å². The van der Waals surface area contributed by atoms with E-state index >= 15 is 0 Å². The van der Waals surface area contributed by atoms with E-state index < -0.39 is 18.3 Å². The maximum Gasteiger partial charge on any atom is 0.411 e. The highest BCUT2D eigenvalue weighted by atomic mass is 19.4. The molecule has 0 aliphatic rings. The largest absolute Gasteiger partial charge is 0.411 e. The maximum absolute atomic E-state index is 11.8. The summed E-state index contributed by atoms with van der Waals surface area (Å²) >= 11 is 0. The molecule has 0 aliphatic carbocycles. The molecular weight excluding hydrogens is 239 g/mol. The molecule has 1 heterocycles. The normalized spacial score (nSPS) is 13.1. The molecule has 0 aromatic carbocycles. The molecule has 0 radical (unpaired) electrons. The summed E-state index contributed by atoms with van der Waals surface area (Å²) in [5.41, 5.74) is 5.21. The molecule has 1 aromatic rings. The van der Waals surface area contributed by atoms with Crippen LogP contribution in [0.15, 0.2) is 4.52 Å². The lowest BCUT2D eigenvalue weighted by molar-refractivity contribution is -0.177. The van der Waals surface area contributed by atoms with E-state index in [-0.39, 0.29) is 18.3 Å². The lowest BCUT2D eigenvalue weighted by atomic mass is 10.0. The molecule has 1 rings (SSSR count). The fraction of sp³-hybridized carbons (Fsp3) is 0.778. The summed E-state index contributed by atoms with van der Waals surface area (Å²) in [5, 5.41) is 3.49. The Balaban J connectivity index is 2.41. The summed E-state index contributed by atoms with van der Waals surface area (Å²) in [6.07, 6.45) is -4.01. The number of hydrogen-bond acceptors (Lipinski definition) is 5. The zero-order valence-electron chi connectivity index (χ0n) is 9.54. The SMILES string of the molecule is CC(C)(N)Cc1nc(COCC(F)(F)F)no1. The summed E-state index contributed by atoms with van der Waals surface area (Å²) in [6, 6.07) is 0. The van der Waals surface area contributed by atoms with Gasteiger partial charge in [0.1, 0.15) is 13.2 Å². The lowest BCUT2D eigenvalue weighted by Gasteiger charge is -2.14. The van der Waals surface area contributed by atoms with E-state index in [0.29, 0.717) is 6.42 Å². The minimum atomic E-state index is -4.36. The number of rotatable bonds is 5. The Morgan fingerprint density at radius 2 is 2.00 bits per heavy atom. The van der Waals surface area contributed by atoms with Crippen LogP contribution >= 0.6 is 0 Å². The highest BCUT2D eigenvalue weighted by Gasteiger charge is 2.27. The van der Waals surface area contributed by atoms with E-state index in [4.69, 9.17) is 10.3 Å². The second-order valence-corrected chi connectivity index (χ2v) is 4.38. The standard InChI is InChI=1S/C9H14F3N3O2/c1-8(2,13)3-7-14-6(15-17-7)4-16-5-9(10,11)12/h3-5,13H2,1-2H3. The van der Waals surface area contributed by atoms with Crippen molar-refractivity contribution in [2.45, 2.75) is 38.6 Å². The van der Waals surface area contributed by atoms with Crippen molar-refractivity contribution in [3.05, 3.63) is 11.7 Å². The van der Waals surface area contributed by atoms with Gasteiger partial charge in [0.05, 0.1) is 0 Å². The fourth-order valence-corrected chi connectivity index (χ4v) is 1.07. The first-order valence-corrected chi connectivity index (χ1v) is 4.90. The first-order valence-electron chi connectivity index (χ1n) is 4.90. The summed E-state index contributed by atoms with van der Waals surface area (Å²) < 4.78 is 44.5. The highest BCUT2D eigenvalue weighted by Crippen LogP contribution is 2.15. The van der Waals surface area contributed by atoms with E-state index in [2.05, 4.69) is 14.9 Å². The number of aromatic nitrogens is 2.